The van der Waals surface area contributed by atoms with Crippen LogP contribution in [0.4, 0.5) is 0 Å². The summed E-state index contributed by atoms with van der Waals surface area (Å²) < 4.78 is 5.97. The predicted octanol–water partition coefficient (Wildman–Crippen LogP) is 6.09. The number of aryl methyl sites for hydroxylation is 1. The maximum atomic E-state index is 12.0. The summed E-state index contributed by atoms with van der Waals surface area (Å²) in [5.41, 5.74) is 5.25. The SMILES string of the molecule is CCCC(=NCC1=CCC=C(c2ccccc2/C(=N/O)NC=O)C=C1)N/C(CC)=C(\C=O)Oc1cccc(CC)c1. The van der Waals surface area contributed by atoms with Crippen molar-refractivity contribution in [1.82, 2.24) is 10.6 Å². The Balaban J connectivity index is 1.78. The lowest BCUT2D eigenvalue weighted by Gasteiger charge is -2.15. The van der Waals surface area contributed by atoms with Gasteiger partial charge in [0.05, 0.1) is 12.2 Å². The molecule has 0 fully saturated rings. The van der Waals surface area contributed by atoms with E-state index in [2.05, 4.69) is 41.8 Å². The molecule has 0 saturated carbocycles. The van der Waals surface area contributed by atoms with Crippen molar-refractivity contribution in [2.24, 2.45) is 10.1 Å². The van der Waals surface area contributed by atoms with Crippen molar-refractivity contribution < 1.29 is 19.5 Å². The lowest BCUT2D eigenvalue weighted by Crippen LogP contribution is -2.25. The van der Waals surface area contributed by atoms with Gasteiger partial charge >= 0.3 is 0 Å². The largest absolute Gasteiger partial charge is 0.452 e. The van der Waals surface area contributed by atoms with Gasteiger partial charge < -0.3 is 20.6 Å². The third-order valence-electron chi connectivity index (χ3n) is 6.51. The molecule has 1 aliphatic carbocycles. The summed E-state index contributed by atoms with van der Waals surface area (Å²) in [7, 11) is 0. The number of nitrogens with one attached hydrogen (secondary N) is 2. The Morgan fingerprint density at radius 3 is 2.59 bits per heavy atom. The Hall–Kier alpha value is -4.72. The molecule has 1 aliphatic rings. The van der Waals surface area contributed by atoms with Gasteiger partial charge in [-0.15, -0.1) is 0 Å². The molecule has 3 rings (SSSR count). The van der Waals surface area contributed by atoms with Gasteiger partial charge in [0.1, 0.15) is 11.6 Å². The third kappa shape index (κ3) is 8.89. The van der Waals surface area contributed by atoms with Crippen molar-refractivity contribution >= 4 is 29.9 Å². The van der Waals surface area contributed by atoms with Crippen molar-refractivity contribution in [2.45, 2.75) is 52.9 Å². The number of hydrogen-bond acceptors (Lipinski definition) is 6. The van der Waals surface area contributed by atoms with E-state index in [1.54, 1.807) is 6.07 Å². The first kappa shape index (κ1) is 30.8. The number of aliphatic imine (C=N–C) groups is 1. The van der Waals surface area contributed by atoms with Crippen LogP contribution in [0.1, 0.15) is 63.1 Å². The summed E-state index contributed by atoms with van der Waals surface area (Å²) >= 11 is 0. The van der Waals surface area contributed by atoms with E-state index in [9.17, 15) is 14.8 Å². The fourth-order valence-electron chi connectivity index (χ4n) is 4.36. The number of ether oxygens (including phenoxy) is 1. The number of amides is 1. The fraction of sp³-hybridized carbons (Fsp3) is 0.273. The van der Waals surface area contributed by atoms with E-state index in [1.807, 2.05) is 61.5 Å². The predicted molar refractivity (Wildman–Crippen MR) is 164 cm³/mol. The standard InChI is InChI=1S/C33H38N4O4/c1-4-11-32(36-30(6-3)31(22-38)41-27-15-10-12-24(5-2)20-27)34-21-25-13-9-14-26(19-18-25)28-16-7-8-17-29(28)33(37-40)35-23-39/h7-8,10,12-20,22-23,40H,4-6,9,11,21H2,1-3H3,(H,34,36)(H,35,37,39)/b31-30+. The molecule has 0 spiro atoms. The van der Waals surface area contributed by atoms with Crippen LogP contribution in [0.15, 0.2) is 100 Å². The topological polar surface area (TPSA) is 112 Å². The van der Waals surface area contributed by atoms with Crippen LogP contribution in [0, 0.1) is 0 Å². The molecule has 8 heteroatoms. The Bertz CT molecular complexity index is 1400. The zero-order valence-electron chi connectivity index (χ0n) is 23.9. The van der Waals surface area contributed by atoms with Crippen molar-refractivity contribution in [3.05, 3.63) is 107 Å². The highest BCUT2D eigenvalue weighted by molar-refractivity contribution is 6.07. The van der Waals surface area contributed by atoms with Gasteiger partial charge in [0.15, 0.2) is 17.9 Å². The Kier molecular flexibility index (Phi) is 12.3. The minimum atomic E-state index is 0.0822. The molecule has 0 radical (unpaired) electrons. The maximum Gasteiger partial charge on any atom is 0.212 e. The number of hydrogen-bond donors (Lipinski definition) is 3. The van der Waals surface area contributed by atoms with Gasteiger partial charge in [-0.1, -0.05) is 86.6 Å². The van der Waals surface area contributed by atoms with E-state index in [0.717, 1.165) is 53.7 Å². The zero-order valence-corrected chi connectivity index (χ0v) is 23.9. The average molecular weight is 555 g/mol. The van der Waals surface area contributed by atoms with Gasteiger partial charge in [0.2, 0.25) is 6.41 Å². The smallest absolute Gasteiger partial charge is 0.212 e. The van der Waals surface area contributed by atoms with Crippen molar-refractivity contribution in [3.63, 3.8) is 0 Å². The van der Waals surface area contributed by atoms with Gasteiger partial charge in [-0.25, -0.2) is 0 Å². The zero-order chi connectivity index (χ0) is 29.5. The molecule has 0 unspecified atom stereocenters. The molecule has 3 N–H and O–H groups in total. The van der Waals surface area contributed by atoms with Gasteiger partial charge in [0.25, 0.3) is 0 Å². The Labute approximate surface area is 241 Å². The van der Waals surface area contributed by atoms with Crippen molar-refractivity contribution in [1.29, 1.82) is 0 Å². The molecule has 214 valence electrons. The van der Waals surface area contributed by atoms with E-state index in [-0.39, 0.29) is 11.6 Å². The summed E-state index contributed by atoms with van der Waals surface area (Å²) in [5.74, 6) is 1.75. The highest BCUT2D eigenvalue weighted by Crippen LogP contribution is 2.25. The minimum absolute atomic E-state index is 0.0822. The van der Waals surface area contributed by atoms with E-state index in [1.165, 1.54) is 0 Å². The third-order valence-corrected chi connectivity index (χ3v) is 6.51. The van der Waals surface area contributed by atoms with Crippen LogP contribution >= 0.6 is 0 Å². The first-order chi connectivity index (χ1) is 20.1. The van der Waals surface area contributed by atoms with Crippen LogP contribution in [-0.2, 0) is 16.0 Å². The molecule has 2 aromatic rings. The van der Waals surface area contributed by atoms with Gasteiger partial charge in [-0.2, -0.15) is 0 Å². The number of carbonyl (C=O) groups excluding carboxylic acids is 2. The summed E-state index contributed by atoms with van der Waals surface area (Å²) in [6, 6.07) is 15.2. The first-order valence-corrected chi connectivity index (χ1v) is 13.9. The molecule has 8 nitrogen and oxygen atoms in total. The second-order valence-electron chi connectivity index (χ2n) is 9.32. The molecule has 41 heavy (non-hydrogen) atoms. The highest BCUT2D eigenvalue weighted by Gasteiger charge is 2.13. The second-order valence-corrected chi connectivity index (χ2v) is 9.32. The van der Waals surface area contributed by atoms with Crippen LogP contribution in [0.2, 0.25) is 0 Å². The van der Waals surface area contributed by atoms with Gasteiger partial charge in [-0.3, -0.25) is 14.6 Å². The number of benzene rings is 2. The normalized spacial score (nSPS) is 14.3. The summed E-state index contributed by atoms with van der Waals surface area (Å²) in [6.07, 6.45) is 13.2. The summed E-state index contributed by atoms with van der Waals surface area (Å²) in [4.78, 5) is 27.8. The average Bonchev–Trinajstić information content (AvgIpc) is 3.26. The fourth-order valence-corrected chi connectivity index (χ4v) is 4.36. The molecule has 0 heterocycles. The first-order valence-electron chi connectivity index (χ1n) is 13.9. The molecule has 2 aromatic carbocycles. The minimum Gasteiger partial charge on any atom is -0.452 e. The molecule has 0 aromatic heterocycles. The molecule has 0 saturated heterocycles. The van der Waals surface area contributed by atoms with E-state index >= 15 is 0 Å². The van der Waals surface area contributed by atoms with Crippen molar-refractivity contribution in [3.8, 4) is 5.75 Å². The second kappa shape index (κ2) is 16.4. The summed E-state index contributed by atoms with van der Waals surface area (Å²) in [6.45, 7) is 6.60. The lowest BCUT2D eigenvalue weighted by atomic mass is 9.98. The van der Waals surface area contributed by atoms with Gasteiger partial charge in [0, 0.05) is 12.0 Å². The number of amidine groups is 2. The van der Waals surface area contributed by atoms with Crippen LogP contribution in [0.3, 0.4) is 0 Å². The van der Waals surface area contributed by atoms with E-state index < -0.39 is 0 Å². The number of carbonyl (C=O) groups is 2. The van der Waals surface area contributed by atoms with Gasteiger partial charge in [-0.05, 0) is 60.1 Å². The molecular weight excluding hydrogens is 516 g/mol. The molecule has 0 aliphatic heterocycles. The Morgan fingerprint density at radius 2 is 1.88 bits per heavy atom. The molecule has 1 amide bonds. The van der Waals surface area contributed by atoms with E-state index in [4.69, 9.17) is 9.73 Å². The molecule has 0 bridgehead atoms. The monoisotopic (exact) mass is 554 g/mol. The molecule has 0 atom stereocenters. The van der Waals surface area contributed by atoms with Crippen LogP contribution < -0.4 is 15.4 Å². The number of nitrogens with zero attached hydrogens (tertiary/aromatic N) is 2. The number of aldehydes is 1. The summed E-state index contributed by atoms with van der Waals surface area (Å²) in [5, 5.41) is 18.4. The highest BCUT2D eigenvalue weighted by atomic mass is 16.5. The van der Waals surface area contributed by atoms with Crippen LogP contribution in [-0.4, -0.2) is 36.1 Å². The van der Waals surface area contributed by atoms with Crippen LogP contribution in [0.25, 0.3) is 5.57 Å². The number of rotatable bonds is 13. The van der Waals surface area contributed by atoms with Crippen LogP contribution in [0.5, 0.6) is 5.75 Å². The quantitative estimate of drug-likeness (QED) is 0.0528. The lowest BCUT2D eigenvalue weighted by molar-refractivity contribution is -0.108. The molecular formula is C33H38N4O4. The maximum absolute atomic E-state index is 12.0. The number of oxime groups is 1. The number of allylic oxidation sites excluding steroid dienone is 6. The Morgan fingerprint density at radius 1 is 1.05 bits per heavy atom. The van der Waals surface area contributed by atoms with Crippen molar-refractivity contribution in [2.75, 3.05) is 6.54 Å². The van der Waals surface area contributed by atoms with E-state index in [0.29, 0.717) is 42.8 Å².